The number of nitrogens with one attached hydrogen (secondary N) is 1. The van der Waals surface area contributed by atoms with Crippen LogP contribution in [0.4, 0.5) is 5.95 Å². The van der Waals surface area contributed by atoms with Crippen molar-refractivity contribution >= 4 is 28.6 Å². The van der Waals surface area contributed by atoms with E-state index in [1.54, 1.807) is 6.20 Å². The molecule has 0 aliphatic heterocycles. The highest BCUT2D eigenvalue weighted by atomic mass is 32.2. The number of anilines is 1. The van der Waals surface area contributed by atoms with Crippen LogP contribution in [0.15, 0.2) is 58.7 Å². The van der Waals surface area contributed by atoms with E-state index in [9.17, 15) is 0 Å². The van der Waals surface area contributed by atoms with Crippen molar-refractivity contribution in [3.63, 3.8) is 0 Å². The lowest BCUT2D eigenvalue weighted by atomic mass is 10.2. The molecule has 0 amide bonds. The standard InChI is InChI=1S/C13H11N5S/c14-18-13-16-10-6-2-1-5-9(10)12(17-13)19-11-7-3-4-8-15-11/h1-8H,14H2,(H,16,17,18). The van der Waals surface area contributed by atoms with E-state index in [1.807, 2.05) is 42.5 Å². The number of hydrogen-bond donors (Lipinski definition) is 2. The summed E-state index contributed by atoms with van der Waals surface area (Å²) in [6.45, 7) is 0. The van der Waals surface area contributed by atoms with Crippen molar-refractivity contribution < 1.29 is 0 Å². The van der Waals surface area contributed by atoms with Crippen LogP contribution in [0.25, 0.3) is 10.9 Å². The quantitative estimate of drug-likeness (QED) is 0.432. The Morgan fingerprint density at radius 1 is 1.00 bits per heavy atom. The van der Waals surface area contributed by atoms with Crippen LogP contribution in [0.2, 0.25) is 0 Å². The predicted molar refractivity (Wildman–Crippen MR) is 75.7 cm³/mol. The van der Waals surface area contributed by atoms with E-state index < -0.39 is 0 Å². The molecule has 0 fully saturated rings. The monoisotopic (exact) mass is 269 g/mol. The van der Waals surface area contributed by atoms with Gasteiger partial charge in [-0.05, 0) is 30.0 Å². The van der Waals surface area contributed by atoms with Gasteiger partial charge in [0.05, 0.1) is 5.52 Å². The van der Waals surface area contributed by atoms with E-state index in [4.69, 9.17) is 5.84 Å². The average molecular weight is 269 g/mol. The van der Waals surface area contributed by atoms with Gasteiger partial charge in [-0.1, -0.05) is 24.3 Å². The molecule has 0 atom stereocenters. The fourth-order valence-corrected chi connectivity index (χ4v) is 2.57. The summed E-state index contributed by atoms with van der Waals surface area (Å²) in [5.41, 5.74) is 3.34. The third-order valence-electron chi connectivity index (χ3n) is 2.54. The van der Waals surface area contributed by atoms with Crippen molar-refractivity contribution in [1.29, 1.82) is 0 Å². The molecule has 0 bridgehead atoms. The van der Waals surface area contributed by atoms with E-state index >= 15 is 0 Å². The van der Waals surface area contributed by atoms with Gasteiger partial charge in [0.15, 0.2) is 0 Å². The molecule has 0 aliphatic carbocycles. The number of pyridine rings is 1. The van der Waals surface area contributed by atoms with Gasteiger partial charge in [-0.3, -0.25) is 5.43 Å². The molecule has 3 aromatic rings. The highest BCUT2D eigenvalue weighted by Crippen LogP contribution is 2.30. The third kappa shape index (κ3) is 2.49. The topological polar surface area (TPSA) is 76.7 Å². The summed E-state index contributed by atoms with van der Waals surface area (Å²) >= 11 is 1.49. The first-order chi connectivity index (χ1) is 9.36. The summed E-state index contributed by atoms with van der Waals surface area (Å²) in [4.78, 5) is 13.0. The first-order valence-electron chi connectivity index (χ1n) is 5.69. The van der Waals surface area contributed by atoms with Crippen molar-refractivity contribution in [2.75, 3.05) is 5.43 Å². The number of fused-ring (bicyclic) bond motifs is 1. The SMILES string of the molecule is NNc1nc(Sc2ccccn2)c2ccccc2n1. The highest BCUT2D eigenvalue weighted by molar-refractivity contribution is 7.99. The molecule has 3 rings (SSSR count). The molecule has 0 saturated carbocycles. The van der Waals surface area contributed by atoms with E-state index in [1.165, 1.54) is 11.8 Å². The van der Waals surface area contributed by atoms with Gasteiger partial charge in [-0.2, -0.15) is 0 Å². The average Bonchev–Trinajstić information content (AvgIpc) is 2.48. The van der Waals surface area contributed by atoms with Crippen LogP contribution in [0, 0.1) is 0 Å². The Kier molecular flexibility index (Phi) is 3.26. The van der Waals surface area contributed by atoms with Crippen molar-refractivity contribution in [3.05, 3.63) is 48.7 Å². The number of benzene rings is 1. The Hall–Kier alpha value is -2.18. The smallest absolute Gasteiger partial charge is 0.238 e. The lowest BCUT2D eigenvalue weighted by molar-refractivity contribution is 1.06. The van der Waals surface area contributed by atoms with Gasteiger partial charge in [0.25, 0.3) is 0 Å². The van der Waals surface area contributed by atoms with Crippen LogP contribution in [0.5, 0.6) is 0 Å². The maximum absolute atomic E-state index is 5.40. The maximum Gasteiger partial charge on any atom is 0.238 e. The Morgan fingerprint density at radius 3 is 2.63 bits per heavy atom. The molecule has 94 valence electrons. The number of hydrogen-bond acceptors (Lipinski definition) is 6. The lowest BCUT2D eigenvalue weighted by Crippen LogP contribution is -2.10. The Labute approximate surface area is 114 Å². The van der Waals surface area contributed by atoms with Gasteiger partial charge in [0.1, 0.15) is 10.1 Å². The largest absolute Gasteiger partial charge is 0.292 e. The molecule has 5 nitrogen and oxygen atoms in total. The zero-order valence-electron chi connectivity index (χ0n) is 9.95. The number of hydrazine groups is 1. The van der Waals surface area contributed by atoms with Gasteiger partial charge in [0.2, 0.25) is 5.95 Å². The molecule has 19 heavy (non-hydrogen) atoms. The predicted octanol–water partition coefficient (Wildman–Crippen LogP) is 2.46. The molecule has 2 aromatic heterocycles. The van der Waals surface area contributed by atoms with Gasteiger partial charge in [0, 0.05) is 11.6 Å². The van der Waals surface area contributed by atoms with Crippen molar-refractivity contribution in [1.82, 2.24) is 15.0 Å². The van der Waals surface area contributed by atoms with E-state index in [-0.39, 0.29) is 0 Å². The second-order valence-corrected chi connectivity index (χ2v) is 4.79. The first kappa shape index (κ1) is 11.9. The second-order valence-electron chi connectivity index (χ2n) is 3.78. The number of nitrogen functional groups attached to an aromatic ring is 1. The highest BCUT2D eigenvalue weighted by Gasteiger charge is 2.08. The lowest BCUT2D eigenvalue weighted by Gasteiger charge is -2.07. The fraction of sp³-hybridized carbons (Fsp3) is 0. The minimum atomic E-state index is 0.400. The molecule has 0 saturated heterocycles. The minimum absolute atomic E-state index is 0.400. The summed E-state index contributed by atoms with van der Waals surface area (Å²) in [6, 6.07) is 13.6. The van der Waals surface area contributed by atoms with Crippen molar-refractivity contribution in [2.45, 2.75) is 10.1 Å². The Morgan fingerprint density at radius 2 is 1.84 bits per heavy atom. The van der Waals surface area contributed by atoms with Gasteiger partial charge in [-0.15, -0.1) is 0 Å². The number of nitrogens with zero attached hydrogens (tertiary/aromatic N) is 3. The number of nitrogens with two attached hydrogens (primary N) is 1. The summed E-state index contributed by atoms with van der Waals surface area (Å²) < 4.78 is 0. The Balaban J connectivity index is 2.11. The molecular formula is C13H11N5S. The van der Waals surface area contributed by atoms with Crippen molar-refractivity contribution in [3.8, 4) is 0 Å². The molecular weight excluding hydrogens is 258 g/mol. The molecule has 0 aliphatic rings. The first-order valence-corrected chi connectivity index (χ1v) is 6.51. The number of aromatic nitrogens is 3. The normalized spacial score (nSPS) is 10.6. The fourth-order valence-electron chi connectivity index (χ4n) is 1.70. The van der Waals surface area contributed by atoms with Gasteiger partial charge < -0.3 is 0 Å². The molecule has 6 heteroatoms. The zero-order valence-corrected chi connectivity index (χ0v) is 10.8. The molecule has 0 spiro atoms. The second kappa shape index (κ2) is 5.21. The van der Waals surface area contributed by atoms with Crippen LogP contribution in [0.3, 0.4) is 0 Å². The minimum Gasteiger partial charge on any atom is -0.292 e. The summed E-state index contributed by atoms with van der Waals surface area (Å²) in [7, 11) is 0. The van der Waals surface area contributed by atoms with E-state index in [0.717, 1.165) is 21.0 Å². The number of para-hydroxylation sites is 1. The third-order valence-corrected chi connectivity index (χ3v) is 3.49. The van der Waals surface area contributed by atoms with Crippen LogP contribution in [-0.4, -0.2) is 15.0 Å². The molecule has 3 N–H and O–H groups in total. The van der Waals surface area contributed by atoms with Crippen molar-refractivity contribution in [2.24, 2.45) is 5.84 Å². The molecule has 0 radical (unpaired) electrons. The van der Waals surface area contributed by atoms with Crippen LogP contribution >= 0.6 is 11.8 Å². The summed E-state index contributed by atoms with van der Waals surface area (Å²) in [5.74, 6) is 5.80. The maximum atomic E-state index is 5.40. The molecule has 0 unspecified atom stereocenters. The molecule has 2 heterocycles. The van der Waals surface area contributed by atoms with Crippen LogP contribution < -0.4 is 11.3 Å². The molecule has 1 aromatic carbocycles. The number of rotatable bonds is 3. The summed E-state index contributed by atoms with van der Waals surface area (Å²) in [6.07, 6.45) is 1.76. The summed E-state index contributed by atoms with van der Waals surface area (Å²) in [5, 5.41) is 2.70. The van der Waals surface area contributed by atoms with Crippen LogP contribution in [-0.2, 0) is 0 Å². The zero-order chi connectivity index (χ0) is 13.1. The van der Waals surface area contributed by atoms with Crippen LogP contribution in [0.1, 0.15) is 0 Å². The van der Waals surface area contributed by atoms with Gasteiger partial charge >= 0.3 is 0 Å². The van der Waals surface area contributed by atoms with E-state index in [2.05, 4.69) is 20.4 Å². The van der Waals surface area contributed by atoms with Gasteiger partial charge in [-0.25, -0.2) is 20.8 Å². The van der Waals surface area contributed by atoms with E-state index in [0.29, 0.717) is 5.95 Å². The Bertz CT molecular complexity index is 702.